The predicted octanol–water partition coefficient (Wildman–Crippen LogP) is 3.73. The molecule has 1 aromatic carbocycles. The second-order valence-electron chi connectivity index (χ2n) is 7.18. The fourth-order valence-corrected chi connectivity index (χ4v) is 4.20. The van der Waals surface area contributed by atoms with Crippen molar-refractivity contribution in [2.24, 2.45) is 5.41 Å². The van der Waals surface area contributed by atoms with Gasteiger partial charge in [0.2, 0.25) is 0 Å². The Balaban J connectivity index is 1.95. The minimum absolute atomic E-state index is 0.00562. The Morgan fingerprint density at radius 2 is 1.82 bits per heavy atom. The molecule has 114 valence electrons. The average molecular weight is 296 g/mol. The summed E-state index contributed by atoms with van der Waals surface area (Å²) >= 11 is 0. The maximum absolute atomic E-state index is 13.1. The summed E-state index contributed by atoms with van der Waals surface area (Å²) in [6.45, 7) is 6.40. The first kappa shape index (κ1) is 13.9. The van der Waals surface area contributed by atoms with Crippen LogP contribution in [0.1, 0.15) is 60.7 Å². The smallest absolute Gasteiger partial charge is 0.193 e. The minimum Gasteiger partial charge on any atom is -0.360 e. The third-order valence-electron chi connectivity index (χ3n) is 5.86. The lowest BCUT2D eigenvalue weighted by atomic mass is 9.62. The van der Waals surface area contributed by atoms with E-state index >= 15 is 0 Å². The van der Waals surface area contributed by atoms with Gasteiger partial charge in [-0.05, 0) is 19.3 Å². The second-order valence-corrected chi connectivity index (χ2v) is 7.18. The van der Waals surface area contributed by atoms with Gasteiger partial charge in [-0.1, -0.05) is 45.0 Å². The average Bonchev–Trinajstić information content (AvgIpc) is 3.28. The van der Waals surface area contributed by atoms with Crippen molar-refractivity contribution in [3.8, 4) is 0 Å². The van der Waals surface area contributed by atoms with Crippen LogP contribution in [0.2, 0.25) is 0 Å². The predicted molar refractivity (Wildman–Crippen MR) is 83.0 cm³/mol. The summed E-state index contributed by atoms with van der Waals surface area (Å²) in [5.41, 5.74) is 1.72. The van der Waals surface area contributed by atoms with Crippen molar-refractivity contribution >= 4 is 11.6 Å². The molecule has 22 heavy (non-hydrogen) atoms. The van der Waals surface area contributed by atoms with Crippen LogP contribution >= 0.6 is 0 Å². The molecule has 0 bridgehead atoms. The maximum Gasteiger partial charge on any atom is 0.193 e. The van der Waals surface area contributed by atoms with Gasteiger partial charge in [0, 0.05) is 27.7 Å². The van der Waals surface area contributed by atoms with E-state index in [1.807, 2.05) is 12.1 Å². The summed E-state index contributed by atoms with van der Waals surface area (Å²) in [5, 5.41) is 0. The second kappa shape index (κ2) is 4.17. The standard InChI is InChI=1S/C19H20O3/c1-4-18(2,3)19-14(22-19)10-9-13-15(19)17(21)12-8-6-5-7-11(12)16(13)20/h5-8,14H,4,9-10H2,1-3H3. The summed E-state index contributed by atoms with van der Waals surface area (Å²) in [7, 11) is 0. The Bertz CT molecular complexity index is 741. The number of Topliss-reactive ketones (excluding diaryl/α,β-unsaturated/α-hetero) is 2. The summed E-state index contributed by atoms with van der Waals surface area (Å²) < 4.78 is 6.09. The molecule has 3 heteroatoms. The Kier molecular flexibility index (Phi) is 2.63. The molecule has 0 spiro atoms. The fourth-order valence-electron chi connectivity index (χ4n) is 4.20. The van der Waals surface area contributed by atoms with Gasteiger partial charge in [0.1, 0.15) is 5.60 Å². The van der Waals surface area contributed by atoms with Crippen LogP contribution in [0.5, 0.6) is 0 Å². The molecule has 0 N–H and O–H groups in total. The quantitative estimate of drug-likeness (QED) is 0.781. The molecule has 3 nitrogen and oxygen atoms in total. The molecule has 0 radical (unpaired) electrons. The third kappa shape index (κ3) is 1.45. The SMILES string of the molecule is CCC(C)(C)C12OC1CCC1=C2C(=O)c2ccccc2C1=O. The number of ether oxygens (including phenoxy) is 1. The van der Waals surface area contributed by atoms with Crippen molar-refractivity contribution in [1.29, 1.82) is 0 Å². The first-order valence-electron chi connectivity index (χ1n) is 8.04. The van der Waals surface area contributed by atoms with Crippen LogP contribution in [0.3, 0.4) is 0 Å². The first-order chi connectivity index (χ1) is 10.4. The fraction of sp³-hybridized carbons (Fsp3) is 0.474. The Labute approximate surface area is 130 Å². The molecule has 1 fully saturated rings. The van der Waals surface area contributed by atoms with E-state index in [9.17, 15) is 9.59 Å². The first-order valence-corrected chi connectivity index (χ1v) is 8.04. The van der Waals surface area contributed by atoms with Crippen LogP contribution in [0.15, 0.2) is 35.4 Å². The minimum atomic E-state index is -0.560. The van der Waals surface area contributed by atoms with Crippen molar-refractivity contribution in [1.82, 2.24) is 0 Å². The van der Waals surface area contributed by atoms with E-state index in [1.165, 1.54) is 0 Å². The van der Waals surface area contributed by atoms with E-state index in [4.69, 9.17) is 4.74 Å². The molecule has 2 unspecified atom stereocenters. The van der Waals surface area contributed by atoms with E-state index in [0.29, 0.717) is 28.7 Å². The van der Waals surface area contributed by atoms with Crippen LogP contribution in [0, 0.1) is 5.41 Å². The summed E-state index contributed by atoms with van der Waals surface area (Å²) in [6, 6.07) is 7.16. The number of ketones is 2. The highest BCUT2D eigenvalue weighted by atomic mass is 16.6. The van der Waals surface area contributed by atoms with Crippen LogP contribution < -0.4 is 0 Å². The highest BCUT2D eigenvalue weighted by Gasteiger charge is 2.70. The highest BCUT2D eigenvalue weighted by molar-refractivity contribution is 6.28. The van der Waals surface area contributed by atoms with Gasteiger partial charge in [0.05, 0.1) is 6.10 Å². The number of benzene rings is 1. The van der Waals surface area contributed by atoms with Crippen molar-refractivity contribution < 1.29 is 14.3 Å². The normalized spacial score (nSPS) is 29.9. The molecular formula is C19H20O3. The van der Waals surface area contributed by atoms with Crippen molar-refractivity contribution in [3.63, 3.8) is 0 Å². The van der Waals surface area contributed by atoms with Crippen LogP contribution in [0.25, 0.3) is 0 Å². The van der Waals surface area contributed by atoms with Gasteiger partial charge in [-0.15, -0.1) is 0 Å². The van der Waals surface area contributed by atoms with Gasteiger partial charge in [-0.2, -0.15) is 0 Å². The number of hydrogen-bond acceptors (Lipinski definition) is 3. The Morgan fingerprint density at radius 3 is 2.45 bits per heavy atom. The van der Waals surface area contributed by atoms with Gasteiger partial charge in [-0.25, -0.2) is 0 Å². The number of epoxide rings is 1. The van der Waals surface area contributed by atoms with E-state index in [1.54, 1.807) is 12.1 Å². The van der Waals surface area contributed by atoms with E-state index in [2.05, 4.69) is 20.8 Å². The molecule has 1 heterocycles. The Morgan fingerprint density at radius 1 is 1.18 bits per heavy atom. The molecule has 1 aromatic rings. The highest BCUT2D eigenvalue weighted by Crippen LogP contribution is 2.62. The van der Waals surface area contributed by atoms with Gasteiger partial charge >= 0.3 is 0 Å². The number of carbonyl (C=O) groups is 2. The van der Waals surface area contributed by atoms with Gasteiger partial charge in [0.25, 0.3) is 0 Å². The summed E-state index contributed by atoms with van der Waals surface area (Å²) in [6.07, 6.45) is 2.48. The molecule has 1 aliphatic heterocycles. The zero-order valence-electron chi connectivity index (χ0n) is 13.2. The molecule has 3 aliphatic rings. The number of hydrogen-bond donors (Lipinski definition) is 0. The molecule has 0 aromatic heterocycles. The lowest BCUT2D eigenvalue weighted by Gasteiger charge is -2.37. The van der Waals surface area contributed by atoms with Gasteiger partial charge in [-0.3, -0.25) is 9.59 Å². The molecule has 0 amide bonds. The monoisotopic (exact) mass is 296 g/mol. The lowest BCUT2D eigenvalue weighted by Crippen LogP contribution is -2.44. The number of rotatable bonds is 2. The van der Waals surface area contributed by atoms with Crippen LogP contribution in [-0.4, -0.2) is 23.3 Å². The van der Waals surface area contributed by atoms with Crippen molar-refractivity contribution in [2.75, 3.05) is 0 Å². The lowest BCUT2D eigenvalue weighted by molar-refractivity contribution is 0.0911. The van der Waals surface area contributed by atoms with Crippen LogP contribution in [0.4, 0.5) is 0 Å². The topological polar surface area (TPSA) is 46.7 Å². The molecular weight excluding hydrogens is 276 g/mol. The zero-order chi connectivity index (χ0) is 15.7. The maximum atomic E-state index is 13.1. The summed E-state index contributed by atoms with van der Waals surface area (Å²) in [4.78, 5) is 26.0. The van der Waals surface area contributed by atoms with E-state index in [0.717, 1.165) is 12.8 Å². The number of fused-ring (bicyclic) bond motifs is 3. The number of carbonyl (C=O) groups excluding carboxylic acids is 2. The molecule has 2 aliphatic carbocycles. The molecule has 1 saturated heterocycles. The molecule has 0 saturated carbocycles. The molecule has 4 rings (SSSR count). The molecule has 2 atom stereocenters. The van der Waals surface area contributed by atoms with Gasteiger partial charge < -0.3 is 4.74 Å². The van der Waals surface area contributed by atoms with Crippen LogP contribution in [-0.2, 0) is 4.74 Å². The zero-order valence-corrected chi connectivity index (χ0v) is 13.2. The van der Waals surface area contributed by atoms with E-state index < -0.39 is 5.60 Å². The number of allylic oxidation sites excluding steroid dienone is 1. The van der Waals surface area contributed by atoms with E-state index in [-0.39, 0.29) is 23.1 Å². The Hall–Kier alpha value is -1.74. The third-order valence-corrected chi connectivity index (χ3v) is 5.86. The van der Waals surface area contributed by atoms with Crippen molar-refractivity contribution in [2.45, 2.75) is 51.7 Å². The largest absolute Gasteiger partial charge is 0.360 e. The van der Waals surface area contributed by atoms with Gasteiger partial charge in [0.15, 0.2) is 11.6 Å². The van der Waals surface area contributed by atoms with Crippen molar-refractivity contribution in [3.05, 3.63) is 46.5 Å². The summed E-state index contributed by atoms with van der Waals surface area (Å²) in [5.74, 6) is 0.0133.